The maximum Gasteiger partial charge on any atom is 0.224 e. The molecule has 0 bridgehead atoms. The van der Waals surface area contributed by atoms with Crippen molar-refractivity contribution in [2.24, 2.45) is 0 Å². The highest BCUT2D eigenvalue weighted by Gasteiger charge is 2.14. The molecule has 0 aliphatic carbocycles. The van der Waals surface area contributed by atoms with Crippen molar-refractivity contribution in [3.63, 3.8) is 0 Å². The molecule has 7 heteroatoms. The predicted octanol–water partition coefficient (Wildman–Crippen LogP) is 1.41. The zero-order valence-corrected chi connectivity index (χ0v) is 11.2. The van der Waals surface area contributed by atoms with Crippen LogP contribution < -0.4 is 10.2 Å². The third kappa shape index (κ3) is 4.67. The van der Waals surface area contributed by atoms with Crippen molar-refractivity contribution >= 4 is 11.8 Å². The first-order valence-corrected chi connectivity index (χ1v) is 6.10. The van der Waals surface area contributed by atoms with Crippen LogP contribution in [0.1, 0.15) is 13.3 Å². The molecule has 6 nitrogen and oxygen atoms in total. The molecule has 0 fully saturated rings. The Morgan fingerprint density at radius 3 is 2.95 bits per heavy atom. The van der Waals surface area contributed by atoms with Crippen LogP contribution >= 0.6 is 0 Å². The number of methoxy groups -OCH3 is 1. The predicted molar refractivity (Wildman–Crippen MR) is 70.5 cm³/mol. The lowest BCUT2D eigenvalue weighted by Gasteiger charge is -2.22. The van der Waals surface area contributed by atoms with Gasteiger partial charge in [-0.1, -0.05) is 0 Å². The van der Waals surface area contributed by atoms with E-state index in [2.05, 4.69) is 15.3 Å². The first-order chi connectivity index (χ1) is 9.22. The Hall–Kier alpha value is -1.94. The van der Waals surface area contributed by atoms with E-state index in [0.717, 1.165) is 6.20 Å². The average Bonchev–Trinajstić information content (AvgIpc) is 2.42. The Morgan fingerprint density at radius 1 is 1.53 bits per heavy atom. The van der Waals surface area contributed by atoms with Crippen LogP contribution in [0.2, 0.25) is 0 Å². The fourth-order valence-corrected chi connectivity index (χ4v) is 1.53. The maximum atomic E-state index is 13.8. The molecule has 0 aliphatic heterocycles. The van der Waals surface area contributed by atoms with E-state index in [-0.39, 0.29) is 5.82 Å². The summed E-state index contributed by atoms with van der Waals surface area (Å²) in [6.45, 7) is 3.87. The van der Waals surface area contributed by atoms with E-state index in [1.165, 1.54) is 0 Å². The number of rotatable bonds is 8. The van der Waals surface area contributed by atoms with Crippen LogP contribution in [0.25, 0.3) is 0 Å². The number of nitrogens with one attached hydrogen (secondary N) is 1. The Kier molecular flexibility index (Phi) is 6.53. The van der Waals surface area contributed by atoms with Crippen LogP contribution in [-0.4, -0.2) is 43.3 Å². The highest BCUT2D eigenvalue weighted by molar-refractivity contribution is 5.44. The standard InChI is InChI=1S/C12H18FN5O/c1-3-15-12-16-9-10(13)11(17-12)18(6-4-5-14)7-8-19-2/h9H,3-4,6-8H2,1-2H3,(H,15,16,17). The molecular formula is C12H18FN5O. The van der Waals surface area contributed by atoms with Crippen LogP contribution in [0.4, 0.5) is 16.2 Å². The van der Waals surface area contributed by atoms with Gasteiger partial charge in [-0.15, -0.1) is 0 Å². The van der Waals surface area contributed by atoms with Crippen LogP contribution in [-0.2, 0) is 4.74 Å². The second kappa shape index (κ2) is 8.21. The molecule has 19 heavy (non-hydrogen) atoms. The Labute approximate surface area is 112 Å². The number of hydrogen-bond acceptors (Lipinski definition) is 6. The Morgan fingerprint density at radius 2 is 2.32 bits per heavy atom. The fraction of sp³-hybridized carbons (Fsp3) is 0.583. The summed E-state index contributed by atoms with van der Waals surface area (Å²) < 4.78 is 18.8. The molecule has 0 saturated carbocycles. The summed E-state index contributed by atoms with van der Waals surface area (Å²) in [7, 11) is 1.57. The van der Waals surface area contributed by atoms with Crippen LogP contribution in [0.5, 0.6) is 0 Å². The Bertz CT molecular complexity index is 435. The number of hydrogen-bond donors (Lipinski definition) is 1. The molecule has 0 atom stereocenters. The average molecular weight is 267 g/mol. The van der Waals surface area contributed by atoms with Crippen molar-refractivity contribution in [3.8, 4) is 6.07 Å². The van der Waals surface area contributed by atoms with Gasteiger partial charge < -0.3 is 15.0 Å². The molecule has 0 saturated heterocycles. The van der Waals surface area contributed by atoms with E-state index in [9.17, 15) is 4.39 Å². The van der Waals surface area contributed by atoms with Gasteiger partial charge in [0.2, 0.25) is 5.95 Å². The quantitative estimate of drug-likeness (QED) is 0.767. The molecule has 0 aliphatic rings. The highest BCUT2D eigenvalue weighted by Crippen LogP contribution is 2.17. The topological polar surface area (TPSA) is 74.1 Å². The molecule has 1 aromatic heterocycles. The van der Waals surface area contributed by atoms with Crippen LogP contribution in [0.3, 0.4) is 0 Å². The van der Waals surface area contributed by atoms with Crippen LogP contribution in [0, 0.1) is 17.1 Å². The van der Waals surface area contributed by atoms with E-state index >= 15 is 0 Å². The molecular weight excluding hydrogens is 249 g/mol. The summed E-state index contributed by atoms with van der Waals surface area (Å²) in [4.78, 5) is 9.67. The van der Waals surface area contributed by atoms with E-state index in [1.54, 1.807) is 12.0 Å². The van der Waals surface area contributed by atoms with Gasteiger partial charge in [0, 0.05) is 26.7 Å². The number of halogens is 1. The van der Waals surface area contributed by atoms with Gasteiger partial charge in [0.1, 0.15) is 0 Å². The Balaban J connectivity index is 2.91. The second-order valence-corrected chi connectivity index (χ2v) is 3.78. The third-order valence-electron chi connectivity index (χ3n) is 2.42. The largest absolute Gasteiger partial charge is 0.383 e. The molecule has 0 unspecified atom stereocenters. The van der Waals surface area contributed by atoms with Gasteiger partial charge in [0.05, 0.1) is 25.3 Å². The van der Waals surface area contributed by atoms with Gasteiger partial charge in [-0.25, -0.2) is 9.37 Å². The van der Waals surface area contributed by atoms with Crippen molar-refractivity contribution in [2.75, 3.05) is 43.6 Å². The van der Waals surface area contributed by atoms with Crippen molar-refractivity contribution in [2.45, 2.75) is 13.3 Å². The van der Waals surface area contributed by atoms with Crippen molar-refractivity contribution in [3.05, 3.63) is 12.0 Å². The summed E-state index contributed by atoms with van der Waals surface area (Å²) in [6.07, 6.45) is 1.43. The molecule has 0 aromatic carbocycles. The lowest BCUT2D eigenvalue weighted by atomic mass is 10.3. The molecule has 0 spiro atoms. The fourth-order valence-electron chi connectivity index (χ4n) is 1.53. The van der Waals surface area contributed by atoms with Crippen LogP contribution in [0.15, 0.2) is 6.20 Å². The number of nitrogens with zero attached hydrogens (tertiary/aromatic N) is 4. The first-order valence-electron chi connectivity index (χ1n) is 6.10. The minimum absolute atomic E-state index is 0.193. The summed E-state index contributed by atoms with van der Waals surface area (Å²) in [5.74, 6) is 0.0622. The second-order valence-electron chi connectivity index (χ2n) is 3.78. The van der Waals surface area contributed by atoms with Crippen molar-refractivity contribution < 1.29 is 9.13 Å². The lowest BCUT2D eigenvalue weighted by Crippen LogP contribution is -2.30. The van der Waals surface area contributed by atoms with E-state index in [0.29, 0.717) is 38.6 Å². The van der Waals surface area contributed by atoms with Gasteiger partial charge in [0.15, 0.2) is 11.6 Å². The monoisotopic (exact) mass is 267 g/mol. The maximum absolute atomic E-state index is 13.8. The first kappa shape index (κ1) is 15.1. The molecule has 1 aromatic rings. The minimum atomic E-state index is -0.504. The van der Waals surface area contributed by atoms with Crippen molar-refractivity contribution in [1.82, 2.24) is 9.97 Å². The minimum Gasteiger partial charge on any atom is -0.383 e. The van der Waals surface area contributed by atoms with Gasteiger partial charge in [0.25, 0.3) is 0 Å². The summed E-state index contributed by atoms with van der Waals surface area (Å²) in [5.41, 5.74) is 0. The van der Waals surface area contributed by atoms with E-state index < -0.39 is 5.82 Å². The summed E-state index contributed by atoms with van der Waals surface area (Å²) in [5, 5.41) is 11.6. The molecule has 1 N–H and O–H groups in total. The van der Waals surface area contributed by atoms with Gasteiger partial charge >= 0.3 is 0 Å². The molecule has 0 amide bonds. The van der Waals surface area contributed by atoms with Crippen molar-refractivity contribution in [1.29, 1.82) is 5.26 Å². The van der Waals surface area contributed by atoms with E-state index in [4.69, 9.17) is 10.00 Å². The zero-order valence-electron chi connectivity index (χ0n) is 11.2. The number of ether oxygens (including phenoxy) is 1. The smallest absolute Gasteiger partial charge is 0.224 e. The molecule has 1 rings (SSSR count). The number of nitriles is 1. The third-order valence-corrected chi connectivity index (χ3v) is 2.42. The SMILES string of the molecule is CCNc1ncc(F)c(N(CCC#N)CCOC)n1. The molecule has 1 heterocycles. The van der Waals surface area contributed by atoms with Gasteiger partial charge in [-0.05, 0) is 6.92 Å². The normalized spacial score (nSPS) is 10.0. The van der Waals surface area contributed by atoms with E-state index in [1.807, 2.05) is 13.0 Å². The number of anilines is 2. The van der Waals surface area contributed by atoms with Gasteiger partial charge in [-0.3, -0.25) is 0 Å². The van der Waals surface area contributed by atoms with Gasteiger partial charge in [-0.2, -0.15) is 10.2 Å². The summed E-state index contributed by atoms with van der Waals surface area (Å²) in [6, 6.07) is 2.04. The zero-order chi connectivity index (χ0) is 14.1. The number of aromatic nitrogens is 2. The lowest BCUT2D eigenvalue weighted by molar-refractivity contribution is 0.205. The highest BCUT2D eigenvalue weighted by atomic mass is 19.1. The molecule has 104 valence electrons. The summed E-state index contributed by atoms with van der Waals surface area (Å²) >= 11 is 0. The molecule has 0 radical (unpaired) electrons.